The monoisotopic (exact) mass is 239 g/mol. The van der Waals surface area contributed by atoms with E-state index in [9.17, 15) is 5.11 Å². The van der Waals surface area contributed by atoms with Crippen LogP contribution in [0.3, 0.4) is 0 Å². The molecule has 1 unspecified atom stereocenters. The van der Waals surface area contributed by atoms with Crippen LogP contribution in [0.25, 0.3) is 10.9 Å². The molecule has 0 radical (unpaired) electrons. The average Bonchev–Trinajstić information content (AvgIpc) is 2.47. The molecule has 1 heterocycles. The van der Waals surface area contributed by atoms with Crippen LogP contribution in [-0.4, -0.2) is 10.1 Å². The summed E-state index contributed by atoms with van der Waals surface area (Å²) in [6.45, 7) is 0. The summed E-state index contributed by atoms with van der Waals surface area (Å²) in [6.07, 6.45) is 8.05. The van der Waals surface area contributed by atoms with E-state index in [1.54, 1.807) is 6.20 Å². The van der Waals surface area contributed by atoms with Crippen molar-refractivity contribution in [3.05, 3.63) is 53.7 Å². The molecule has 18 heavy (non-hydrogen) atoms. The maximum atomic E-state index is 10.5. The number of aliphatic hydroxyl groups is 1. The minimum absolute atomic E-state index is 0.474. The number of aromatic nitrogens is 1. The summed E-state index contributed by atoms with van der Waals surface area (Å²) in [5.74, 6) is 0. The van der Waals surface area contributed by atoms with Gasteiger partial charge in [0, 0.05) is 11.6 Å². The minimum atomic E-state index is -0.474. The molecule has 3 rings (SSSR count). The highest BCUT2D eigenvalue weighted by molar-refractivity contribution is 5.82. The molecule has 0 amide bonds. The van der Waals surface area contributed by atoms with E-state index in [0.717, 1.165) is 34.9 Å². The number of benzene rings is 1. The van der Waals surface area contributed by atoms with Crippen molar-refractivity contribution in [1.29, 1.82) is 0 Å². The molecule has 1 N–H and O–H groups in total. The summed E-state index contributed by atoms with van der Waals surface area (Å²) in [4.78, 5) is 4.34. The first-order valence-electron chi connectivity index (χ1n) is 6.57. The summed E-state index contributed by atoms with van der Waals surface area (Å²) in [7, 11) is 0. The Balaban J connectivity index is 2.05. The van der Waals surface area contributed by atoms with Gasteiger partial charge in [-0.3, -0.25) is 4.98 Å². The Morgan fingerprint density at radius 2 is 2.06 bits per heavy atom. The molecule has 0 spiro atoms. The van der Waals surface area contributed by atoms with Gasteiger partial charge in [-0.15, -0.1) is 0 Å². The van der Waals surface area contributed by atoms with E-state index in [1.807, 2.05) is 30.3 Å². The van der Waals surface area contributed by atoms with Gasteiger partial charge < -0.3 is 5.11 Å². The van der Waals surface area contributed by atoms with Gasteiger partial charge in [-0.2, -0.15) is 0 Å². The molecule has 0 bridgehead atoms. The normalized spacial score (nSPS) is 17.5. The minimum Gasteiger partial charge on any atom is -0.384 e. The summed E-state index contributed by atoms with van der Waals surface area (Å²) in [6, 6.07) is 9.92. The molecule has 0 saturated carbocycles. The fourth-order valence-electron chi connectivity index (χ4n) is 2.68. The highest BCUT2D eigenvalue weighted by atomic mass is 16.3. The lowest BCUT2D eigenvalue weighted by Gasteiger charge is -2.20. The van der Waals surface area contributed by atoms with E-state index in [4.69, 9.17) is 0 Å². The van der Waals surface area contributed by atoms with Crippen LogP contribution in [-0.2, 0) is 0 Å². The number of allylic oxidation sites excluding steroid dienone is 1. The summed E-state index contributed by atoms with van der Waals surface area (Å²) < 4.78 is 0. The van der Waals surface area contributed by atoms with Crippen molar-refractivity contribution in [2.45, 2.75) is 31.8 Å². The predicted molar refractivity (Wildman–Crippen MR) is 73.3 cm³/mol. The van der Waals surface area contributed by atoms with Crippen molar-refractivity contribution < 1.29 is 5.11 Å². The molecule has 1 aliphatic carbocycles. The fraction of sp³-hybridized carbons (Fsp3) is 0.312. The van der Waals surface area contributed by atoms with Crippen molar-refractivity contribution in [2.24, 2.45) is 0 Å². The van der Waals surface area contributed by atoms with Crippen molar-refractivity contribution in [3.63, 3.8) is 0 Å². The highest BCUT2D eigenvalue weighted by Crippen LogP contribution is 2.32. The molecule has 1 aliphatic rings. The van der Waals surface area contributed by atoms with Crippen LogP contribution in [0, 0.1) is 0 Å². The topological polar surface area (TPSA) is 33.1 Å². The second kappa shape index (κ2) is 4.91. The molecule has 2 heteroatoms. The summed E-state index contributed by atoms with van der Waals surface area (Å²) in [5, 5.41) is 11.6. The molecule has 92 valence electrons. The molecular formula is C16H17NO. The Morgan fingerprint density at radius 1 is 1.11 bits per heavy atom. The van der Waals surface area contributed by atoms with Crippen molar-refractivity contribution in [2.75, 3.05) is 0 Å². The zero-order chi connectivity index (χ0) is 12.4. The summed E-state index contributed by atoms with van der Waals surface area (Å²) >= 11 is 0. The van der Waals surface area contributed by atoms with Gasteiger partial charge in [-0.1, -0.05) is 24.3 Å². The van der Waals surface area contributed by atoms with Crippen LogP contribution in [0.4, 0.5) is 0 Å². The molecule has 2 nitrogen and oxygen atoms in total. The van der Waals surface area contributed by atoms with Gasteiger partial charge in [0.05, 0.1) is 5.52 Å². The third-order valence-electron chi connectivity index (χ3n) is 3.65. The van der Waals surface area contributed by atoms with Gasteiger partial charge in [0.2, 0.25) is 0 Å². The maximum absolute atomic E-state index is 10.5. The lowest BCUT2D eigenvalue weighted by Crippen LogP contribution is -2.05. The fourth-order valence-corrected chi connectivity index (χ4v) is 2.68. The van der Waals surface area contributed by atoms with Crippen LogP contribution < -0.4 is 0 Å². The van der Waals surface area contributed by atoms with E-state index in [1.165, 1.54) is 12.8 Å². The predicted octanol–water partition coefficient (Wildman–Crippen LogP) is 3.77. The van der Waals surface area contributed by atoms with E-state index < -0.39 is 6.10 Å². The first kappa shape index (κ1) is 11.4. The summed E-state index contributed by atoms with van der Waals surface area (Å²) in [5.41, 5.74) is 3.09. The molecule has 1 aromatic heterocycles. The van der Waals surface area contributed by atoms with E-state index in [0.29, 0.717) is 0 Å². The standard InChI is InChI=1S/C16H17NO/c18-16(12-6-2-1-3-7-12)14-8-4-10-15-13(14)9-5-11-17-15/h4-6,8-11,16,18H,1-3,7H2. The molecule has 2 aromatic rings. The SMILES string of the molecule is OC(C1=CCCCC1)c1cccc2ncccc12. The van der Waals surface area contributed by atoms with Gasteiger partial charge >= 0.3 is 0 Å². The highest BCUT2D eigenvalue weighted by Gasteiger charge is 2.17. The first-order valence-corrected chi connectivity index (χ1v) is 6.57. The Morgan fingerprint density at radius 3 is 2.89 bits per heavy atom. The Kier molecular flexibility index (Phi) is 3.11. The van der Waals surface area contributed by atoms with Crippen molar-refractivity contribution >= 4 is 10.9 Å². The van der Waals surface area contributed by atoms with Gasteiger partial charge in [0.25, 0.3) is 0 Å². The Hall–Kier alpha value is -1.67. The van der Waals surface area contributed by atoms with Crippen LogP contribution in [0.1, 0.15) is 37.4 Å². The number of hydrogen-bond acceptors (Lipinski definition) is 2. The van der Waals surface area contributed by atoms with E-state index in [2.05, 4.69) is 11.1 Å². The molecule has 1 aromatic carbocycles. The van der Waals surface area contributed by atoms with Crippen molar-refractivity contribution in [3.8, 4) is 0 Å². The van der Waals surface area contributed by atoms with Gasteiger partial charge in [0.15, 0.2) is 0 Å². The van der Waals surface area contributed by atoms with E-state index in [-0.39, 0.29) is 0 Å². The number of fused-ring (bicyclic) bond motifs is 1. The van der Waals surface area contributed by atoms with Crippen LogP contribution in [0.15, 0.2) is 48.2 Å². The Labute approximate surface area is 107 Å². The zero-order valence-corrected chi connectivity index (χ0v) is 10.3. The molecule has 1 atom stereocenters. The maximum Gasteiger partial charge on any atom is 0.101 e. The number of nitrogens with zero attached hydrogens (tertiary/aromatic N) is 1. The molecule has 0 fully saturated rings. The smallest absolute Gasteiger partial charge is 0.101 e. The van der Waals surface area contributed by atoms with E-state index >= 15 is 0 Å². The lowest BCUT2D eigenvalue weighted by atomic mass is 9.90. The number of rotatable bonds is 2. The lowest BCUT2D eigenvalue weighted by molar-refractivity contribution is 0.210. The van der Waals surface area contributed by atoms with Crippen molar-refractivity contribution in [1.82, 2.24) is 4.98 Å². The van der Waals surface area contributed by atoms with Gasteiger partial charge in [0.1, 0.15) is 6.10 Å². The van der Waals surface area contributed by atoms with Crippen LogP contribution in [0.5, 0.6) is 0 Å². The third kappa shape index (κ3) is 2.04. The van der Waals surface area contributed by atoms with Gasteiger partial charge in [-0.05, 0) is 49.0 Å². The largest absolute Gasteiger partial charge is 0.384 e. The number of aliphatic hydroxyl groups excluding tert-OH is 1. The van der Waals surface area contributed by atoms with Crippen LogP contribution >= 0.6 is 0 Å². The third-order valence-corrected chi connectivity index (χ3v) is 3.65. The second-order valence-electron chi connectivity index (χ2n) is 4.84. The van der Waals surface area contributed by atoms with Gasteiger partial charge in [-0.25, -0.2) is 0 Å². The quantitative estimate of drug-likeness (QED) is 0.809. The number of pyridine rings is 1. The Bertz CT molecular complexity index is 583. The zero-order valence-electron chi connectivity index (χ0n) is 10.3. The molecule has 0 aliphatic heterocycles. The first-order chi connectivity index (χ1) is 8.86. The second-order valence-corrected chi connectivity index (χ2v) is 4.84. The molecular weight excluding hydrogens is 222 g/mol. The van der Waals surface area contributed by atoms with Crippen LogP contribution in [0.2, 0.25) is 0 Å². The molecule has 0 saturated heterocycles. The number of hydrogen-bond donors (Lipinski definition) is 1. The average molecular weight is 239 g/mol.